The Bertz CT molecular complexity index is 1160. The lowest BCUT2D eigenvalue weighted by Crippen LogP contribution is -2.26. The molecular formula is C25H26Cl3N3O2. The first-order chi connectivity index (χ1) is 15.6. The minimum absolute atomic E-state index is 0. The number of aromatic nitrogens is 2. The van der Waals surface area contributed by atoms with Crippen molar-refractivity contribution in [1.82, 2.24) is 9.13 Å². The lowest BCUT2D eigenvalue weighted by molar-refractivity contribution is 0.297. The van der Waals surface area contributed by atoms with Crippen LogP contribution in [-0.4, -0.2) is 22.3 Å². The fourth-order valence-corrected chi connectivity index (χ4v) is 4.06. The van der Waals surface area contributed by atoms with Gasteiger partial charge in [0.05, 0.1) is 34.3 Å². The van der Waals surface area contributed by atoms with Crippen LogP contribution in [0.3, 0.4) is 0 Å². The molecule has 3 aromatic carbocycles. The van der Waals surface area contributed by atoms with Crippen molar-refractivity contribution < 1.29 is 9.47 Å². The molecule has 0 spiro atoms. The number of hydrogen-bond acceptors (Lipinski definition) is 3. The fraction of sp³-hybridized carbons (Fsp3) is 0.240. The molecule has 174 valence electrons. The normalized spacial score (nSPS) is 10.7. The van der Waals surface area contributed by atoms with Gasteiger partial charge in [0.1, 0.15) is 11.5 Å². The molecule has 0 fully saturated rings. The number of nitrogens with one attached hydrogen (secondary N) is 1. The van der Waals surface area contributed by atoms with E-state index in [0.717, 1.165) is 23.9 Å². The molecule has 0 atom stereocenters. The summed E-state index contributed by atoms with van der Waals surface area (Å²) in [5.74, 6) is 1.37. The standard InChI is InChI=1S/C25H25Cl2N3O2.ClH/c26-19-9-1-5-13-23(19)31-17-7-15-29-21-11-3-4-12-22(21)30(25(29)28)16-8-18-32-24-14-6-2-10-20(24)27;/h1-6,9-14,28H,7-8,15-18H2;1H. The van der Waals surface area contributed by atoms with Crippen LogP contribution in [0.4, 0.5) is 0 Å². The van der Waals surface area contributed by atoms with Crippen LogP contribution < -0.4 is 15.1 Å². The maximum Gasteiger partial charge on any atom is 0.202 e. The second kappa shape index (κ2) is 12.0. The maximum absolute atomic E-state index is 8.74. The van der Waals surface area contributed by atoms with Crippen molar-refractivity contribution >= 4 is 46.6 Å². The van der Waals surface area contributed by atoms with Crippen molar-refractivity contribution in [3.8, 4) is 11.5 Å². The third-order valence-corrected chi connectivity index (χ3v) is 5.84. The molecule has 4 aromatic rings. The third-order valence-electron chi connectivity index (χ3n) is 5.22. The maximum atomic E-state index is 8.74. The predicted octanol–water partition coefficient (Wildman–Crippen LogP) is 6.59. The molecule has 1 aromatic heterocycles. The zero-order chi connectivity index (χ0) is 22.3. The van der Waals surface area contributed by atoms with Crippen LogP contribution in [0.25, 0.3) is 11.0 Å². The van der Waals surface area contributed by atoms with E-state index < -0.39 is 0 Å². The summed E-state index contributed by atoms with van der Waals surface area (Å²) >= 11 is 12.3. The number of nitrogens with zero attached hydrogens (tertiary/aromatic N) is 2. The van der Waals surface area contributed by atoms with E-state index >= 15 is 0 Å². The lowest BCUT2D eigenvalue weighted by atomic mass is 10.3. The molecule has 1 N–H and O–H groups in total. The highest BCUT2D eigenvalue weighted by atomic mass is 35.5. The molecule has 33 heavy (non-hydrogen) atoms. The van der Waals surface area contributed by atoms with Gasteiger partial charge in [-0.2, -0.15) is 0 Å². The Labute approximate surface area is 209 Å². The van der Waals surface area contributed by atoms with Crippen LogP contribution in [0, 0.1) is 5.41 Å². The van der Waals surface area contributed by atoms with Crippen LogP contribution >= 0.6 is 35.6 Å². The van der Waals surface area contributed by atoms with Crippen LogP contribution in [-0.2, 0) is 13.1 Å². The van der Waals surface area contributed by atoms with E-state index in [-0.39, 0.29) is 12.4 Å². The SMILES string of the molecule is Cl.N=c1n(CCCOc2ccccc2Cl)c2ccccc2n1CCCOc1ccccc1Cl. The third kappa shape index (κ3) is 6.05. The van der Waals surface area contributed by atoms with E-state index in [1.807, 2.05) is 69.8 Å². The highest BCUT2D eigenvalue weighted by molar-refractivity contribution is 6.32. The summed E-state index contributed by atoms with van der Waals surface area (Å²) in [6.07, 6.45) is 1.54. The second-order valence-electron chi connectivity index (χ2n) is 7.38. The van der Waals surface area contributed by atoms with Crippen molar-refractivity contribution in [2.24, 2.45) is 0 Å². The summed E-state index contributed by atoms with van der Waals surface area (Å²) in [5.41, 5.74) is 2.56. The Hall–Kier alpha value is -2.60. The average molecular weight is 507 g/mol. The van der Waals surface area contributed by atoms with Crippen molar-refractivity contribution in [2.45, 2.75) is 25.9 Å². The molecule has 5 nitrogen and oxygen atoms in total. The first-order valence-corrected chi connectivity index (χ1v) is 11.4. The highest BCUT2D eigenvalue weighted by Gasteiger charge is 2.11. The zero-order valence-electron chi connectivity index (χ0n) is 18.0. The van der Waals surface area contributed by atoms with Gasteiger partial charge in [-0.1, -0.05) is 59.6 Å². The Balaban J connectivity index is 0.00000306. The molecule has 0 bridgehead atoms. The molecule has 8 heteroatoms. The molecule has 1 heterocycles. The minimum Gasteiger partial charge on any atom is -0.492 e. The number of para-hydroxylation sites is 4. The van der Waals surface area contributed by atoms with Gasteiger partial charge in [-0.3, -0.25) is 5.41 Å². The van der Waals surface area contributed by atoms with Gasteiger partial charge >= 0.3 is 0 Å². The Morgan fingerprint density at radius 2 is 1.03 bits per heavy atom. The van der Waals surface area contributed by atoms with Gasteiger partial charge in [-0.25, -0.2) is 0 Å². The summed E-state index contributed by atoms with van der Waals surface area (Å²) in [7, 11) is 0. The predicted molar refractivity (Wildman–Crippen MR) is 136 cm³/mol. The van der Waals surface area contributed by atoms with Crippen molar-refractivity contribution in [3.63, 3.8) is 0 Å². The summed E-state index contributed by atoms with van der Waals surface area (Å²) in [5, 5.41) is 9.96. The van der Waals surface area contributed by atoms with Crippen molar-refractivity contribution in [3.05, 3.63) is 88.5 Å². The van der Waals surface area contributed by atoms with E-state index in [1.165, 1.54) is 0 Å². The Morgan fingerprint density at radius 1 is 0.636 bits per heavy atom. The molecule has 0 saturated heterocycles. The van der Waals surface area contributed by atoms with E-state index in [2.05, 4.69) is 12.1 Å². The summed E-state index contributed by atoms with van der Waals surface area (Å²) in [4.78, 5) is 0. The molecule has 0 unspecified atom stereocenters. The fourth-order valence-electron chi connectivity index (χ4n) is 3.68. The molecule has 0 aliphatic rings. The van der Waals surface area contributed by atoms with Gasteiger partial charge in [0, 0.05) is 13.1 Å². The quantitative estimate of drug-likeness (QED) is 0.247. The van der Waals surface area contributed by atoms with Gasteiger partial charge < -0.3 is 18.6 Å². The van der Waals surface area contributed by atoms with E-state index in [4.69, 9.17) is 38.1 Å². The number of benzene rings is 3. The smallest absolute Gasteiger partial charge is 0.202 e. The topological polar surface area (TPSA) is 52.2 Å². The molecule has 0 saturated carbocycles. The second-order valence-corrected chi connectivity index (χ2v) is 8.19. The number of halogens is 3. The number of rotatable bonds is 10. The van der Waals surface area contributed by atoms with E-state index in [9.17, 15) is 0 Å². The monoisotopic (exact) mass is 505 g/mol. The first-order valence-electron chi connectivity index (χ1n) is 10.6. The molecule has 4 rings (SSSR count). The van der Waals surface area contributed by atoms with Gasteiger partial charge in [0.2, 0.25) is 5.62 Å². The van der Waals surface area contributed by atoms with Crippen LogP contribution in [0.2, 0.25) is 10.0 Å². The van der Waals surface area contributed by atoms with Crippen molar-refractivity contribution in [1.29, 1.82) is 5.41 Å². The van der Waals surface area contributed by atoms with Gasteiger partial charge in [0.15, 0.2) is 0 Å². The Kier molecular flexibility index (Phi) is 9.12. The number of aryl methyl sites for hydroxylation is 2. The molecule has 0 aliphatic carbocycles. The number of fused-ring (bicyclic) bond motifs is 1. The van der Waals surface area contributed by atoms with Gasteiger partial charge in [0.25, 0.3) is 0 Å². The number of ether oxygens (including phenoxy) is 2. The molecule has 0 radical (unpaired) electrons. The van der Waals surface area contributed by atoms with Crippen LogP contribution in [0.1, 0.15) is 12.8 Å². The number of imidazole rings is 1. The molecule has 0 aliphatic heterocycles. The zero-order valence-corrected chi connectivity index (χ0v) is 20.4. The van der Waals surface area contributed by atoms with Crippen molar-refractivity contribution in [2.75, 3.05) is 13.2 Å². The summed E-state index contributed by atoms with van der Waals surface area (Å²) in [6, 6.07) is 23.0. The largest absolute Gasteiger partial charge is 0.492 e. The summed E-state index contributed by atoms with van der Waals surface area (Å²) < 4.78 is 15.7. The number of hydrogen-bond donors (Lipinski definition) is 1. The molecule has 0 amide bonds. The first kappa shape index (κ1) is 25.0. The lowest BCUT2D eigenvalue weighted by Gasteiger charge is -2.09. The highest BCUT2D eigenvalue weighted by Crippen LogP contribution is 2.24. The van der Waals surface area contributed by atoms with E-state index in [1.54, 1.807) is 0 Å². The minimum atomic E-state index is 0. The van der Waals surface area contributed by atoms with Gasteiger partial charge in [-0.15, -0.1) is 12.4 Å². The molecular weight excluding hydrogens is 481 g/mol. The average Bonchev–Trinajstić information content (AvgIpc) is 3.07. The van der Waals surface area contributed by atoms with E-state index in [0.29, 0.717) is 53.5 Å². The van der Waals surface area contributed by atoms with Crippen LogP contribution in [0.15, 0.2) is 72.8 Å². The summed E-state index contributed by atoms with van der Waals surface area (Å²) in [6.45, 7) is 2.43. The van der Waals surface area contributed by atoms with Gasteiger partial charge in [-0.05, 0) is 49.2 Å². The Morgan fingerprint density at radius 3 is 1.45 bits per heavy atom. The van der Waals surface area contributed by atoms with Crippen LogP contribution in [0.5, 0.6) is 11.5 Å².